The van der Waals surface area contributed by atoms with Crippen LogP contribution in [-0.4, -0.2) is 18.3 Å². The van der Waals surface area contributed by atoms with E-state index < -0.39 is 0 Å². The summed E-state index contributed by atoms with van der Waals surface area (Å²) in [6, 6.07) is 12.5. The second-order valence-corrected chi connectivity index (χ2v) is 6.89. The molecule has 1 heterocycles. The molecule has 0 atom stereocenters. The molecule has 0 aromatic heterocycles. The predicted octanol–water partition coefficient (Wildman–Crippen LogP) is 3.88. The summed E-state index contributed by atoms with van der Waals surface area (Å²) in [5.74, 6) is 0.521. The van der Waals surface area contributed by atoms with Crippen molar-refractivity contribution in [2.45, 2.75) is 44.8 Å². The molecule has 0 N–H and O–H groups in total. The standard InChI is InChI=1S/C17H20BClO2/c1-16(2)17(3,4)21-18(20-16)14-8-9-15-12(10-14)6-5-7-13(15)11-19/h5-10H,11H2,1-4H3. The minimum Gasteiger partial charge on any atom is -0.399 e. The van der Waals surface area contributed by atoms with Gasteiger partial charge in [-0.3, -0.25) is 0 Å². The molecule has 2 aromatic carbocycles. The third kappa shape index (κ3) is 2.48. The molecule has 1 fully saturated rings. The molecule has 3 rings (SSSR count). The Bertz CT molecular complexity index is 666. The Morgan fingerprint density at radius 3 is 2.29 bits per heavy atom. The van der Waals surface area contributed by atoms with E-state index in [4.69, 9.17) is 20.9 Å². The van der Waals surface area contributed by atoms with Crippen molar-refractivity contribution in [2.24, 2.45) is 0 Å². The van der Waals surface area contributed by atoms with Crippen molar-refractivity contribution in [1.82, 2.24) is 0 Å². The Morgan fingerprint density at radius 2 is 1.67 bits per heavy atom. The van der Waals surface area contributed by atoms with E-state index >= 15 is 0 Å². The van der Waals surface area contributed by atoms with Gasteiger partial charge in [-0.25, -0.2) is 0 Å². The van der Waals surface area contributed by atoms with Gasteiger partial charge in [0.2, 0.25) is 0 Å². The average molecular weight is 303 g/mol. The third-order valence-corrected chi connectivity index (χ3v) is 4.95. The van der Waals surface area contributed by atoms with Gasteiger partial charge in [0.1, 0.15) is 0 Å². The number of halogens is 1. The van der Waals surface area contributed by atoms with E-state index in [2.05, 4.69) is 58.0 Å². The SMILES string of the molecule is CC1(C)OB(c2ccc3c(CCl)cccc3c2)OC1(C)C. The average Bonchev–Trinajstić information content (AvgIpc) is 2.66. The molecule has 1 aliphatic rings. The van der Waals surface area contributed by atoms with Crippen LogP contribution in [0.2, 0.25) is 0 Å². The lowest BCUT2D eigenvalue weighted by Crippen LogP contribution is -2.41. The van der Waals surface area contributed by atoms with Crippen molar-refractivity contribution in [3.8, 4) is 0 Å². The minimum atomic E-state index is -0.320. The van der Waals surface area contributed by atoms with E-state index in [0.29, 0.717) is 5.88 Å². The number of benzene rings is 2. The quantitative estimate of drug-likeness (QED) is 0.619. The van der Waals surface area contributed by atoms with E-state index in [1.807, 2.05) is 6.07 Å². The fraction of sp³-hybridized carbons (Fsp3) is 0.412. The van der Waals surface area contributed by atoms with Crippen LogP contribution >= 0.6 is 11.6 Å². The molecule has 4 heteroatoms. The van der Waals surface area contributed by atoms with Gasteiger partial charge in [-0.15, -0.1) is 11.6 Å². The van der Waals surface area contributed by atoms with Crippen molar-refractivity contribution in [1.29, 1.82) is 0 Å². The topological polar surface area (TPSA) is 18.5 Å². The van der Waals surface area contributed by atoms with Gasteiger partial charge in [0.25, 0.3) is 0 Å². The molecular weight excluding hydrogens is 282 g/mol. The molecule has 2 nitrogen and oxygen atoms in total. The molecule has 0 aliphatic carbocycles. The van der Waals surface area contributed by atoms with Crippen LogP contribution in [0.5, 0.6) is 0 Å². The first-order chi connectivity index (χ1) is 9.84. The summed E-state index contributed by atoms with van der Waals surface area (Å²) in [6.45, 7) is 8.28. The first-order valence-electron chi connectivity index (χ1n) is 7.27. The lowest BCUT2D eigenvalue weighted by atomic mass is 9.78. The van der Waals surface area contributed by atoms with Crippen molar-refractivity contribution < 1.29 is 9.31 Å². The van der Waals surface area contributed by atoms with E-state index in [1.165, 1.54) is 10.8 Å². The van der Waals surface area contributed by atoms with E-state index in [1.54, 1.807) is 0 Å². The molecule has 1 saturated heterocycles. The molecular formula is C17H20BClO2. The number of fused-ring (bicyclic) bond motifs is 1. The van der Waals surface area contributed by atoms with Crippen LogP contribution in [-0.2, 0) is 15.2 Å². The summed E-state index contributed by atoms with van der Waals surface area (Å²) in [6.07, 6.45) is 0. The monoisotopic (exact) mass is 302 g/mol. The number of rotatable bonds is 2. The molecule has 2 aromatic rings. The molecule has 0 unspecified atom stereocenters. The molecule has 21 heavy (non-hydrogen) atoms. The number of hydrogen-bond donors (Lipinski definition) is 0. The molecule has 0 radical (unpaired) electrons. The van der Waals surface area contributed by atoms with Crippen LogP contribution in [0.25, 0.3) is 10.8 Å². The van der Waals surface area contributed by atoms with Gasteiger partial charge in [-0.05, 0) is 49.5 Å². The molecule has 0 amide bonds. The fourth-order valence-electron chi connectivity index (χ4n) is 2.61. The summed E-state index contributed by atoms with van der Waals surface area (Å²) in [7, 11) is -0.320. The van der Waals surface area contributed by atoms with Gasteiger partial charge in [0.05, 0.1) is 11.2 Å². The maximum atomic E-state index is 6.11. The van der Waals surface area contributed by atoms with E-state index in [9.17, 15) is 0 Å². The normalized spacial score (nSPS) is 20.1. The summed E-state index contributed by atoms with van der Waals surface area (Å²) >= 11 is 6.00. The van der Waals surface area contributed by atoms with Crippen LogP contribution in [0.4, 0.5) is 0 Å². The number of hydrogen-bond acceptors (Lipinski definition) is 2. The van der Waals surface area contributed by atoms with Gasteiger partial charge in [0.15, 0.2) is 0 Å². The minimum absolute atomic E-state index is 0.315. The van der Waals surface area contributed by atoms with Crippen LogP contribution in [0.3, 0.4) is 0 Å². The Kier molecular flexibility index (Phi) is 3.55. The zero-order chi connectivity index (χ0) is 15.3. The maximum Gasteiger partial charge on any atom is 0.494 e. The Hall–Kier alpha value is -1.03. The smallest absolute Gasteiger partial charge is 0.399 e. The maximum absolute atomic E-state index is 6.11. The van der Waals surface area contributed by atoms with Crippen LogP contribution < -0.4 is 5.46 Å². The second kappa shape index (κ2) is 5.01. The highest BCUT2D eigenvalue weighted by molar-refractivity contribution is 6.62. The lowest BCUT2D eigenvalue weighted by Gasteiger charge is -2.32. The van der Waals surface area contributed by atoms with E-state index in [-0.39, 0.29) is 18.3 Å². The summed E-state index contributed by atoms with van der Waals surface area (Å²) < 4.78 is 12.2. The first-order valence-corrected chi connectivity index (χ1v) is 7.81. The van der Waals surface area contributed by atoms with Gasteiger partial charge in [0, 0.05) is 5.88 Å². The van der Waals surface area contributed by atoms with Crippen molar-refractivity contribution in [2.75, 3.05) is 0 Å². The van der Waals surface area contributed by atoms with Crippen molar-refractivity contribution in [3.63, 3.8) is 0 Å². The predicted molar refractivity (Wildman–Crippen MR) is 89.2 cm³/mol. The van der Waals surface area contributed by atoms with Gasteiger partial charge in [-0.2, -0.15) is 0 Å². The van der Waals surface area contributed by atoms with E-state index in [0.717, 1.165) is 11.0 Å². The fourth-order valence-corrected chi connectivity index (χ4v) is 2.84. The summed E-state index contributed by atoms with van der Waals surface area (Å²) in [5, 5.41) is 2.35. The highest BCUT2D eigenvalue weighted by Crippen LogP contribution is 2.36. The third-order valence-electron chi connectivity index (χ3n) is 4.66. The van der Waals surface area contributed by atoms with Crippen LogP contribution in [0.15, 0.2) is 36.4 Å². The van der Waals surface area contributed by atoms with Crippen molar-refractivity contribution >= 4 is 35.0 Å². The largest absolute Gasteiger partial charge is 0.494 e. The zero-order valence-electron chi connectivity index (χ0n) is 12.9. The lowest BCUT2D eigenvalue weighted by molar-refractivity contribution is 0.00578. The Balaban J connectivity index is 2.00. The highest BCUT2D eigenvalue weighted by atomic mass is 35.5. The Labute approximate surface area is 131 Å². The molecule has 0 saturated carbocycles. The van der Waals surface area contributed by atoms with Crippen LogP contribution in [0, 0.1) is 0 Å². The van der Waals surface area contributed by atoms with Gasteiger partial charge >= 0.3 is 7.12 Å². The first kappa shape index (κ1) is 14.9. The number of alkyl halides is 1. The molecule has 1 aliphatic heterocycles. The molecule has 0 bridgehead atoms. The van der Waals surface area contributed by atoms with Gasteiger partial charge in [-0.1, -0.05) is 36.4 Å². The zero-order valence-corrected chi connectivity index (χ0v) is 13.7. The second-order valence-electron chi connectivity index (χ2n) is 6.62. The molecule has 110 valence electrons. The Morgan fingerprint density at radius 1 is 1.00 bits per heavy atom. The summed E-state index contributed by atoms with van der Waals surface area (Å²) in [4.78, 5) is 0. The molecule has 0 spiro atoms. The van der Waals surface area contributed by atoms with Crippen molar-refractivity contribution in [3.05, 3.63) is 42.0 Å². The van der Waals surface area contributed by atoms with Crippen LogP contribution in [0.1, 0.15) is 33.3 Å². The summed E-state index contributed by atoms with van der Waals surface area (Å²) in [5.41, 5.74) is 1.57. The highest BCUT2D eigenvalue weighted by Gasteiger charge is 2.51. The van der Waals surface area contributed by atoms with Gasteiger partial charge < -0.3 is 9.31 Å².